The first-order chi connectivity index (χ1) is 18.4. The average Bonchev–Trinajstić information content (AvgIpc) is 3.38. The average molecular weight is 561 g/mol. The Kier molecular flexibility index (Phi) is 8.58. The SMILES string of the molecule is C.CCCC1OC2CC3[C@@H]4CCC5=CC(=O)C=C[C@]5(C)C4[C@@H](O)C[C@]3(C)[C@]2(C(=O)COC(C)N(C)C(=O)CN)O1. The molecule has 3 saturated carbocycles. The van der Waals surface area contributed by atoms with Gasteiger partial charge < -0.3 is 30.0 Å². The zero-order valence-corrected chi connectivity index (χ0v) is 23.9. The van der Waals surface area contributed by atoms with Crippen molar-refractivity contribution in [3.63, 3.8) is 0 Å². The first-order valence-electron chi connectivity index (χ1n) is 14.5. The topological polar surface area (TPSA) is 128 Å². The first-order valence-corrected chi connectivity index (χ1v) is 14.5. The van der Waals surface area contributed by atoms with Crippen LogP contribution in [0.2, 0.25) is 0 Å². The van der Waals surface area contributed by atoms with Crippen molar-refractivity contribution in [2.24, 2.45) is 34.3 Å². The van der Waals surface area contributed by atoms with Crippen LogP contribution in [0.3, 0.4) is 0 Å². The van der Waals surface area contributed by atoms with Crippen molar-refractivity contribution in [2.45, 2.75) is 104 Å². The van der Waals surface area contributed by atoms with Crippen molar-refractivity contribution < 1.29 is 33.7 Å². The van der Waals surface area contributed by atoms with Crippen LogP contribution in [0.1, 0.15) is 73.6 Å². The van der Waals surface area contributed by atoms with Crippen LogP contribution in [0.5, 0.6) is 0 Å². The highest BCUT2D eigenvalue weighted by atomic mass is 16.7. The molecule has 1 saturated heterocycles. The van der Waals surface area contributed by atoms with Gasteiger partial charge in [-0.15, -0.1) is 0 Å². The highest BCUT2D eigenvalue weighted by Crippen LogP contribution is 2.69. The van der Waals surface area contributed by atoms with Gasteiger partial charge in [0.2, 0.25) is 5.91 Å². The number of carbonyl (C=O) groups excluding carboxylic acids is 3. The number of rotatable bonds is 8. The molecule has 10 atom stereocenters. The second-order valence-corrected chi connectivity index (χ2v) is 12.7. The molecule has 1 aliphatic heterocycles. The number of allylic oxidation sites excluding steroid dienone is 4. The Morgan fingerprint density at radius 2 is 2.05 bits per heavy atom. The van der Waals surface area contributed by atoms with Gasteiger partial charge in [-0.1, -0.05) is 46.3 Å². The van der Waals surface area contributed by atoms with Gasteiger partial charge >= 0.3 is 0 Å². The minimum absolute atomic E-state index is 0. The Morgan fingerprint density at radius 3 is 2.73 bits per heavy atom. The number of likely N-dealkylation sites (N-methyl/N-ethyl adjacent to an activating group) is 1. The molecule has 5 unspecified atom stereocenters. The molecule has 40 heavy (non-hydrogen) atoms. The van der Waals surface area contributed by atoms with E-state index < -0.39 is 41.2 Å². The largest absolute Gasteiger partial charge is 0.393 e. The lowest BCUT2D eigenvalue weighted by atomic mass is 9.46. The lowest BCUT2D eigenvalue weighted by Gasteiger charge is -2.59. The molecular weight excluding hydrogens is 512 g/mol. The summed E-state index contributed by atoms with van der Waals surface area (Å²) in [6, 6.07) is 0. The third-order valence-corrected chi connectivity index (χ3v) is 10.8. The number of amides is 1. The number of hydrogen-bond donors (Lipinski definition) is 2. The van der Waals surface area contributed by atoms with Gasteiger partial charge in [0.15, 0.2) is 23.5 Å². The number of aliphatic hydroxyl groups is 1. The third-order valence-electron chi connectivity index (χ3n) is 10.8. The fraction of sp³-hybridized carbons (Fsp3) is 0.774. The van der Waals surface area contributed by atoms with E-state index in [9.17, 15) is 19.5 Å². The van der Waals surface area contributed by atoms with Crippen molar-refractivity contribution in [3.8, 4) is 0 Å². The van der Waals surface area contributed by atoms with E-state index in [-0.39, 0.29) is 55.8 Å². The molecule has 4 fully saturated rings. The normalized spacial score (nSPS) is 42.1. The number of nitrogens with two attached hydrogens (primary N) is 1. The lowest BCUT2D eigenvalue weighted by molar-refractivity contribution is -0.203. The summed E-state index contributed by atoms with van der Waals surface area (Å²) in [5, 5.41) is 11.8. The van der Waals surface area contributed by atoms with Gasteiger partial charge in [-0.2, -0.15) is 0 Å². The van der Waals surface area contributed by atoms with E-state index >= 15 is 0 Å². The van der Waals surface area contributed by atoms with Gasteiger partial charge in [0.1, 0.15) is 12.8 Å². The maximum Gasteiger partial charge on any atom is 0.238 e. The van der Waals surface area contributed by atoms with Crippen LogP contribution in [-0.2, 0) is 28.6 Å². The number of ether oxygens (including phenoxy) is 3. The number of Topliss-reactive ketones (excluding diaryl/α,β-unsaturated/α-hetero) is 1. The van der Waals surface area contributed by atoms with Crippen LogP contribution in [0.25, 0.3) is 0 Å². The summed E-state index contributed by atoms with van der Waals surface area (Å²) in [5.74, 6) is -0.267. The van der Waals surface area contributed by atoms with Crippen molar-refractivity contribution in [3.05, 3.63) is 23.8 Å². The fourth-order valence-corrected chi connectivity index (χ4v) is 8.77. The number of carbonyl (C=O) groups is 3. The summed E-state index contributed by atoms with van der Waals surface area (Å²) in [7, 11) is 1.60. The third kappa shape index (κ3) is 4.44. The molecule has 4 aliphatic carbocycles. The van der Waals surface area contributed by atoms with Crippen molar-refractivity contribution in [1.29, 1.82) is 0 Å². The zero-order chi connectivity index (χ0) is 28.3. The van der Waals surface area contributed by atoms with Crippen molar-refractivity contribution >= 4 is 17.5 Å². The molecular formula is C31H48N2O7. The summed E-state index contributed by atoms with van der Waals surface area (Å²) in [6.45, 7) is 7.63. The Bertz CT molecular complexity index is 1090. The predicted octanol–water partition coefficient (Wildman–Crippen LogP) is 3.14. The van der Waals surface area contributed by atoms with Gasteiger partial charge in [-0.05, 0) is 63.0 Å². The van der Waals surface area contributed by atoms with Crippen molar-refractivity contribution in [2.75, 3.05) is 20.2 Å². The van der Waals surface area contributed by atoms with E-state index in [4.69, 9.17) is 19.9 Å². The summed E-state index contributed by atoms with van der Waals surface area (Å²) in [6.07, 6.45) is 7.39. The monoisotopic (exact) mass is 560 g/mol. The van der Waals surface area contributed by atoms with Crippen LogP contribution in [-0.4, -0.2) is 78.0 Å². The Labute approximate surface area is 238 Å². The molecule has 0 bridgehead atoms. The van der Waals surface area contributed by atoms with E-state index in [2.05, 4.69) is 20.8 Å². The summed E-state index contributed by atoms with van der Waals surface area (Å²) < 4.78 is 19.0. The minimum Gasteiger partial charge on any atom is -0.393 e. The number of aliphatic hydroxyl groups excluding tert-OH is 1. The maximum atomic E-state index is 14.2. The molecule has 9 nitrogen and oxygen atoms in total. The first kappa shape index (κ1) is 31.0. The summed E-state index contributed by atoms with van der Waals surface area (Å²) >= 11 is 0. The van der Waals surface area contributed by atoms with Gasteiger partial charge in [-0.25, -0.2) is 0 Å². The molecule has 9 heteroatoms. The molecule has 0 aromatic heterocycles. The summed E-state index contributed by atoms with van der Waals surface area (Å²) in [5.41, 5.74) is 4.30. The Balaban J connectivity index is 0.00000370. The second kappa shape index (κ2) is 11.1. The lowest BCUT2D eigenvalue weighted by Crippen LogP contribution is -2.63. The molecule has 1 amide bonds. The molecule has 1 heterocycles. The van der Waals surface area contributed by atoms with Crippen LogP contribution in [0.15, 0.2) is 23.8 Å². The highest BCUT2D eigenvalue weighted by Gasteiger charge is 2.75. The van der Waals surface area contributed by atoms with Crippen LogP contribution >= 0.6 is 0 Å². The molecule has 0 aromatic carbocycles. The second-order valence-electron chi connectivity index (χ2n) is 12.7. The van der Waals surface area contributed by atoms with Crippen LogP contribution in [0, 0.1) is 28.6 Å². The van der Waals surface area contributed by atoms with Crippen molar-refractivity contribution in [1.82, 2.24) is 4.90 Å². The van der Waals surface area contributed by atoms with E-state index in [1.54, 1.807) is 26.1 Å². The molecule has 0 radical (unpaired) electrons. The van der Waals surface area contributed by atoms with E-state index in [1.807, 2.05) is 6.08 Å². The molecule has 0 aromatic rings. The number of nitrogens with zero attached hydrogens (tertiary/aromatic N) is 1. The van der Waals surface area contributed by atoms with Gasteiger partial charge in [0, 0.05) is 23.8 Å². The van der Waals surface area contributed by atoms with Gasteiger partial charge in [0.25, 0.3) is 0 Å². The number of fused-ring (bicyclic) bond motifs is 7. The van der Waals surface area contributed by atoms with Crippen LogP contribution < -0.4 is 5.73 Å². The Hall–Kier alpha value is -1.91. The highest BCUT2D eigenvalue weighted by molar-refractivity contribution is 6.01. The molecule has 3 N–H and O–H groups in total. The fourth-order valence-electron chi connectivity index (χ4n) is 8.77. The standard InChI is InChI=1S/C30H44N2O7.CH4/c1-6-7-26-38-24-13-21-20-9-8-18-12-19(33)10-11-28(18,3)27(20)22(34)14-29(21,4)30(24,39-26)23(35)16-37-17(2)32(5)25(36)15-31;/h10-12,17,20-22,24,26-27,34H,6-9,13-16,31H2,1-5H3;1H4/t17?,20-,21?,22-,24?,26?,27?,28-,29-,30+;/m0./s1. The number of ketones is 2. The molecule has 5 aliphatic rings. The van der Waals surface area contributed by atoms with Crippen LogP contribution in [0.4, 0.5) is 0 Å². The van der Waals surface area contributed by atoms with E-state index in [0.717, 1.165) is 24.8 Å². The molecule has 224 valence electrons. The molecule has 5 rings (SSSR count). The maximum absolute atomic E-state index is 14.2. The smallest absolute Gasteiger partial charge is 0.238 e. The Morgan fingerprint density at radius 1 is 1.32 bits per heavy atom. The van der Waals surface area contributed by atoms with Gasteiger partial charge in [0.05, 0.1) is 18.8 Å². The summed E-state index contributed by atoms with van der Waals surface area (Å²) in [4.78, 5) is 39.8. The predicted molar refractivity (Wildman–Crippen MR) is 150 cm³/mol. The molecule has 0 spiro atoms. The minimum atomic E-state index is -1.24. The number of hydrogen-bond acceptors (Lipinski definition) is 8. The quantitative estimate of drug-likeness (QED) is 0.434. The van der Waals surface area contributed by atoms with E-state index in [1.165, 1.54) is 4.90 Å². The zero-order valence-electron chi connectivity index (χ0n) is 23.9. The van der Waals surface area contributed by atoms with Gasteiger partial charge in [-0.3, -0.25) is 14.4 Å². The van der Waals surface area contributed by atoms with E-state index in [0.29, 0.717) is 19.3 Å².